The van der Waals surface area contributed by atoms with E-state index in [0.29, 0.717) is 0 Å². The van der Waals surface area contributed by atoms with Crippen molar-refractivity contribution in [1.82, 2.24) is 4.57 Å². The highest BCUT2D eigenvalue weighted by atomic mass is 16.3. The van der Waals surface area contributed by atoms with E-state index in [1.165, 1.54) is 60.0 Å². The molecule has 2 heterocycles. The normalized spacial score (nSPS) is 11.7. The lowest BCUT2D eigenvalue weighted by Gasteiger charge is -2.27. The van der Waals surface area contributed by atoms with Crippen LogP contribution in [-0.2, 0) is 0 Å². The third-order valence-corrected chi connectivity index (χ3v) is 13.2. The van der Waals surface area contributed by atoms with Gasteiger partial charge in [-0.3, -0.25) is 0 Å². The zero-order chi connectivity index (χ0) is 42.8. The van der Waals surface area contributed by atoms with E-state index in [1.807, 2.05) is 0 Å². The quantitative estimate of drug-likeness (QED) is 0.149. The van der Waals surface area contributed by atoms with E-state index in [4.69, 9.17) is 4.42 Å². The molecule has 0 radical (unpaired) electrons. The Balaban J connectivity index is 1.02. The average molecular weight is 829 g/mol. The third-order valence-electron chi connectivity index (χ3n) is 13.2. The first-order valence-electron chi connectivity index (χ1n) is 22.2. The van der Waals surface area contributed by atoms with Gasteiger partial charge in [-0.1, -0.05) is 182 Å². The molecule has 304 valence electrons. The Morgan fingerprint density at radius 3 is 1.75 bits per heavy atom. The van der Waals surface area contributed by atoms with Crippen LogP contribution in [0.3, 0.4) is 0 Å². The first-order chi connectivity index (χ1) is 32.2. The molecule has 3 nitrogen and oxygen atoms in total. The van der Waals surface area contributed by atoms with Crippen LogP contribution in [0.15, 0.2) is 247 Å². The zero-order valence-electron chi connectivity index (χ0n) is 35.4. The molecular formula is C62H40N2O. The Bertz CT molecular complexity index is 3920. The smallest absolute Gasteiger partial charge is 0.145 e. The van der Waals surface area contributed by atoms with Crippen LogP contribution in [0.25, 0.3) is 104 Å². The SMILES string of the molecule is c1ccc(-c2ccc(-c3ccc(N(c4ccc(-c5cccc6c7ccccc7n(-c7ccccc7)c56)cc4)c4ccc5ccc6ccccc6c5c4)c4c3oc3ccccc34)cc2)cc1. The fraction of sp³-hybridized carbons (Fsp3) is 0. The molecule has 0 aliphatic carbocycles. The first kappa shape index (κ1) is 36.9. The van der Waals surface area contributed by atoms with Crippen LogP contribution < -0.4 is 4.90 Å². The molecule has 0 spiro atoms. The molecule has 13 aromatic rings. The predicted molar refractivity (Wildman–Crippen MR) is 274 cm³/mol. The summed E-state index contributed by atoms with van der Waals surface area (Å²) in [5, 5.41) is 9.51. The summed E-state index contributed by atoms with van der Waals surface area (Å²) in [4.78, 5) is 2.42. The van der Waals surface area contributed by atoms with Crippen LogP contribution in [-0.4, -0.2) is 4.57 Å². The van der Waals surface area contributed by atoms with Crippen molar-refractivity contribution in [3.8, 4) is 39.1 Å². The fourth-order valence-electron chi connectivity index (χ4n) is 10.1. The van der Waals surface area contributed by atoms with Crippen molar-refractivity contribution in [2.45, 2.75) is 0 Å². The minimum Gasteiger partial charge on any atom is -0.455 e. The summed E-state index contributed by atoms with van der Waals surface area (Å²) in [6.07, 6.45) is 0. The summed E-state index contributed by atoms with van der Waals surface area (Å²) < 4.78 is 9.32. The molecule has 0 aliphatic heterocycles. The molecule has 0 N–H and O–H groups in total. The van der Waals surface area contributed by atoms with E-state index in [1.54, 1.807) is 0 Å². The lowest BCUT2D eigenvalue weighted by molar-refractivity contribution is 0.670. The number of anilines is 3. The summed E-state index contributed by atoms with van der Waals surface area (Å²) in [6, 6.07) is 87.6. The Hall–Kier alpha value is -8.66. The van der Waals surface area contributed by atoms with E-state index in [2.05, 4.69) is 252 Å². The largest absolute Gasteiger partial charge is 0.455 e. The van der Waals surface area contributed by atoms with Gasteiger partial charge in [0.05, 0.1) is 22.1 Å². The Morgan fingerprint density at radius 1 is 0.354 bits per heavy atom. The maximum atomic E-state index is 6.90. The van der Waals surface area contributed by atoms with E-state index in [9.17, 15) is 0 Å². The van der Waals surface area contributed by atoms with Crippen molar-refractivity contribution in [3.63, 3.8) is 0 Å². The number of aromatic nitrogens is 1. The van der Waals surface area contributed by atoms with Crippen LogP contribution in [0.4, 0.5) is 17.1 Å². The van der Waals surface area contributed by atoms with Crippen molar-refractivity contribution < 1.29 is 4.42 Å². The van der Waals surface area contributed by atoms with Gasteiger partial charge in [0.2, 0.25) is 0 Å². The van der Waals surface area contributed by atoms with Crippen LogP contribution >= 0.6 is 0 Å². The molecule has 11 aromatic carbocycles. The van der Waals surface area contributed by atoms with Gasteiger partial charge in [-0.25, -0.2) is 0 Å². The minimum atomic E-state index is 0.860. The summed E-state index contributed by atoms with van der Waals surface area (Å²) in [6.45, 7) is 0. The number of fused-ring (bicyclic) bond motifs is 9. The second kappa shape index (κ2) is 15.0. The van der Waals surface area contributed by atoms with Crippen LogP contribution in [0.2, 0.25) is 0 Å². The minimum absolute atomic E-state index is 0.860. The van der Waals surface area contributed by atoms with E-state index in [-0.39, 0.29) is 0 Å². The van der Waals surface area contributed by atoms with Gasteiger partial charge in [-0.05, 0) is 104 Å². The second-order valence-corrected chi connectivity index (χ2v) is 16.8. The van der Waals surface area contributed by atoms with Gasteiger partial charge in [0.1, 0.15) is 11.2 Å². The van der Waals surface area contributed by atoms with Crippen molar-refractivity contribution in [2.24, 2.45) is 0 Å². The van der Waals surface area contributed by atoms with Crippen molar-refractivity contribution in [2.75, 3.05) is 4.90 Å². The van der Waals surface area contributed by atoms with Crippen LogP contribution in [0.5, 0.6) is 0 Å². The molecule has 3 heteroatoms. The van der Waals surface area contributed by atoms with Gasteiger partial charge in [0.15, 0.2) is 0 Å². The summed E-state index contributed by atoms with van der Waals surface area (Å²) >= 11 is 0. The first-order valence-corrected chi connectivity index (χ1v) is 22.2. The highest BCUT2D eigenvalue weighted by Gasteiger charge is 2.23. The number of hydrogen-bond acceptors (Lipinski definition) is 2. The van der Waals surface area contributed by atoms with E-state index in [0.717, 1.165) is 61.4 Å². The molecule has 0 amide bonds. The van der Waals surface area contributed by atoms with Crippen LogP contribution in [0, 0.1) is 0 Å². The number of benzene rings is 11. The molecule has 0 unspecified atom stereocenters. The van der Waals surface area contributed by atoms with Crippen molar-refractivity contribution in [3.05, 3.63) is 243 Å². The topological polar surface area (TPSA) is 21.3 Å². The average Bonchev–Trinajstić information content (AvgIpc) is 3.94. The monoisotopic (exact) mass is 828 g/mol. The Kier molecular flexibility index (Phi) is 8.53. The molecule has 0 atom stereocenters. The lowest BCUT2D eigenvalue weighted by atomic mass is 9.97. The molecule has 0 aliphatic rings. The number of rotatable bonds is 7. The van der Waals surface area contributed by atoms with Crippen molar-refractivity contribution >= 4 is 82.4 Å². The van der Waals surface area contributed by atoms with Gasteiger partial charge < -0.3 is 13.9 Å². The molecule has 0 saturated heterocycles. The third kappa shape index (κ3) is 6.05. The fourth-order valence-corrected chi connectivity index (χ4v) is 10.1. The number of nitrogens with zero attached hydrogens (tertiary/aromatic N) is 2. The molecule has 0 saturated carbocycles. The number of furan rings is 1. The van der Waals surface area contributed by atoms with Gasteiger partial charge in [-0.15, -0.1) is 0 Å². The second-order valence-electron chi connectivity index (χ2n) is 16.8. The van der Waals surface area contributed by atoms with Crippen LogP contribution in [0.1, 0.15) is 0 Å². The molecule has 65 heavy (non-hydrogen) atoms. The maximum absolute atomic E-state index is 6.90. The predicted octanol–water partition coefficient (Wildman–Crippen LogP) is 17.5. The number of hydrogen-bond donors (Lipinski definition) is 0. The summed E-state index contributed by atoms with van der Waals surface area (Å²) in [7, 11) is 0. The van der Waals surface area contributed by atoms with Crippen molar-refractivity contribution in [1.29, 1.82) is 0 Å². The zero-order valence-corrected chi connectivity index (χ0v) is 35.4. The highest BCUT2D eigenvalue weighted by molar-refractivity contribution is 6.18. The van der Waals surface area contributed by atoms with Gasteiger partial charge >= 0.3 is 0 Å². The molecule has 0 bridgehead atoms. The summed E-state index contributed by atoms with van der Waals surface area (Å²) in [5.74, 6) is 0. The Labute approximate surface area is 376 Å². The highest BCUT2D eigenvalue weighted by Crippen LogP contribution is 2.48. The summed E-state index contributed by atoms with van der Waals surface area (Å²) in [5.41, 5.74) is 15.3. The Morgan fingerprint density at radius 2 is 0.938 bits per heavy atom. The van der Waals surface area contributed by atoms with Gasteiger partial charge in [-0.2, -0.15) is 0 Å². The standard InChI is InChI=1S/C62H40N2O/c1-3-14-41(15-4-1)42-26-28-45(29-27-42)52-38-39-58(60-55-21-10-12-25-59(55)65-62(52)60)63(49-37-34-46-31-30-43-16-7-8-19-50(43)56(46)40-49)48-35-32-44(33-36-48)51-22-13-23-54-53-20-9-11-24-57(53)64(61(51)54)47-17-5-2-6-18-47/h1-40H. The lowest BCUT2D eigenvalue weighted by Crippen LogP contribution is -2.10. The van der Waals surface area contributed by atoms with E-state index < -0.39 is 0 Å². The van der Waals surface area contributed by atoms with Gasteiger partial charge in [0.25, 0.3) is 0 Å². The molecular weight excluding hydrogens is 789 g/mol. The van der Waals surface area contributed by atoms with E-state index >= 15 is 0 Å². The molecule has 0 fully saturated rings. The molecule has 13 rings (SSSR count). The molecule has 2 aromatic heterocycles. The number of para-hydroxylation sites is 4. The van der Waals surface area contributed by atoms with Gasteiger partial charge in [0, 0.05) is 44.3 Å². The maximum Gasteiger partial charge on any atom is 0.145 e.